The molecule has 10 aliphatic rings. The van der Waals surface area contributed by atoms with Crippen LogP contribution in [-0.4, -0.2) is 285 Å². The molecule has 5 aliphatic carbocycles. The van der Waals surface area contributed by atoms with Crippen molar-refractivity contribution in [3.63, 3.8) is 0 Å². The van der Waals surface area contributed by atoms with Crippen LogP contribution in [0.15, 0.2) is 11.6 Å². The maximum atomic E-state index is 12.6. The number of carboxylic acids is 1. The Hall–Kier alpha value is -1.83. The first kappa shape index (κ1) is 68.0. The van der Waals surface area contributed by atoms with Crippen molar-refractivity contribution in [2.75, 3.05) is 39.6 Å². The molecule has 5 aliphatic heterocycles. The molecule has 4 saturated carbocycles. The Morgan fingerprint density at radius 1 is 0.598 bits per heavy atom. The van der Waals surface area contributed by atoms with Crippen molar-refractivity contribution in [2.24, 2.45) is 50.2 Å². The fourth-order valence-electron chi connectivity index (χ4n) is 17.7. The Labute approximate surface area is 504 Å². The predicted molar refractivity (Wildman–Crippen MR) is 291 cm³/mol. The zero-order valence-corrected chi connectivity index (χ0v) is 50.4. The van der Waals surface area contributed by atoms with Crippen LogP contribution in [-0.2, 0) is 52.2 Å². The second-order valence-corrected chi connectivity index (χ2v) is 28.8. The molecule has 0 amide bonds. The summed E-state index contributed by atoms with van der Waals surface area (Å²) < 4.78 is 59.5. The van der Waals surface area contributed by atoms with Gasteiger partial charge in [0.1, 0.15) is 97.2 Å². The largest absolute Gasteiger partial charge is 0.479 e. The number of aliphatic carboxylic acids is 1. The van der Waals surface area contributed by atoms with Gasteiger partial charge in [0, 0.05) is 10.8 Å². The summed E-state index contributed by atoms with van der Waals surface area (Å²) in [6, 6.07) is 0. The van der Waals surface area contributed by atoms with E-state index in [1.54, 1.807) is 0 Å². The number of hydrogen-bond donors (Lipinski definition) is 17. The number of aliphatic hydroxyl groups is 16. The standard InChI is InChI=1S/C59H96O28/c1-24-33(64)36(67)42(73)49(81-24)86-44-38(69)34(65)27(18-60)82-50(44)87-45-40(71)39(70)43(47(75)76)85-51(45)84-32-11-12-55(4)29(56(32,5)20-61)10-13-58(7)30(55)9-8-25-26-16-53(2,17-31(63)54(26,3)14-15-57(25,58)6)22-79-48-41(72)37(68)35(66)28(83-48)19-78-52-46(74)59(77,21-62)23-80-52/h8,24,26-46,48-52,60-74,77H,9-23H2,1-7H3,(H,75,76). The van der Waals surface area contributed by atoms with Crippen LogP contribution in [0, 0.1) is 50.2 Å². The molecule has 17 N–H and O–H groups in total. The number of aliphatic hydroxyl groups excluding tert-OH is 15. The van der Waals surface area contributed by atoms with E-state index in [1.807, 2.05) is 13.8 Å². The molecule has 0 bridgehead atoms. The van der Waals surface area contributed by atoms with Gasteiger partial charge in [-0.1, -0.05) is 53.2 Å². The van der Waals surface area contributed by atoms with E-state index in [0.717, 1.165) is 12.8 Å². The van der Waals surface area contributed by atoms with Gasteiger partial charge in [0.05, 0.1) is 58.0 Å². The van der Waals surface area contributed by atoms with Crippen LogP contribution in [0.1, 0.15) is 106 Å². The first-order chi connectivity index (χ1) is 40.7. The molecular formula is C59H96O28. The van der Waals surface area contributed by atoms with E-state index < -0.39 is 214 Å². The lowest BCUT2D eigenvalue weighted by Gasteiger charge is -2.72. The van der Waals surface area contributed by atoms with Crippen LogP contribution in [0.25, 0.3) is 0 Å². The third-order valence-electron chi connectivity index (χ3n) is 23.7. The maximum Gasteiger partial charge on any atom is 0.335 e. The lowest BCUT2D eigenvalue weighted by molar-refractivity contribution is -0.396. The quantitative estimate of drug-likeness (QED) is 0.0517. The number of ether oxygens (including phenoxy) is 10. The number of allylic oxidation sites excluding steroid dienone is 2. The molecule has 10 rings (SSSR count). The number of fused-ring (bicyclic) bond motifs is 7. The average Bonchev–Trinajstić information content (AvgIpc) is 0.958. The van der Waals surface area contributed by atoms with Crippen LogP contribution in [0.5, 0.6) is 0 Å². The lowest BCUT2D eigenvalue weighted by Crippen LogP contribution is -2.68. The summed E-state index contributed by atoms with van der Waals surface area (Å²) in [5.41, 5.74) is -4.09. The first-order valence-corrected chi connectivity index (χ1v) is 30.8. The molecule has 0 spiro atoms. The van der Waals surface area contributed by atoms with Gasteiger partial charge >= 0.3 is 5.97 Å². The molecule has 0 aromatic carbocycles. The normalized spacial score (nSPS) is 56.1. The van der Waals surface area contributed by atoms with Crippen LogP contribution < -0.4 is 0 Å². The fourth-order valence-corrected chi connectivity index (χ4v) is 17.7. The molecular weight excluding hydrogens is 1160 g/mol. The molecule has 0 aromatic heterocycles. The van der Waals surface area contributed by atoms with Crippen molar-refractivity contribution in [2.45, 2.75) is 259 Å². The van der Waals surface area contributed by atoms with Gasteiger partial charge in [0.2, 0.25) is 0 Å². The van der Waals surface area contributed by atoms with Gasteiger partial charge in [0.15, 0.2) is 37.6 Å². The second kappa shape index (κ2) is 24.8. The predicted octanol–water partition coefficient (Wildman–Crippen LogP) is -4.03. The summed E-state index contributed by atoms with van der Waals surface area (Å²) in [6.45, 7) is 11.4. The lowest BCUT2D eigenvalue weighted by atomic mass is 9.33. The second-order valence-electron chi connectivity index (χ2n) is 28.8. The molecule has 0 aromatic rings. The molecule has 28 nitrogen and oxygen atoms in total. The van der Waals surface area contributed by atoms with Crippen molar-refractivity contribution in [3.05, 3.63) is 11.6 Å². The topological polar surface area (TPSA) is 453 Å². The van der Waals surface area contributed by atoms with Crippen LogP contribution in [0.4, 0.5) is 0 Å². The Bertz CT molecular complexity index is 2450. The zero-order valence-electron chi connectivity index (χ0n) is 50.4. The number of hydrogen-bond acceptors (Lipinski definition) is 27. The van der Waals surface area contributed by atoms with Crippen LogP contribution in [0.3, 0.4) is 0 Å². The minimum absolute atomic E-state index is 0.0101. The SMILES string of the molecule is CC1OC(OC2C(OC3C(OC4CCC5(C)C(CCC6(C)C5CC=C5C7CC(C)(COC8OC(COC9OCC(O)(CO)C9O)C(O)C(O)C8O)CC(O)C7(C)CCC56C)C4(C)CO)OC(C(=O)O)C(O)C3O)OC(CO)C(O)C2O)C(O)C(O)C1O. The van der Waals surface area contributed by atoms with Gasteiger partial charge in [-0.25, -0.2) is 4.79 Å². The Morgan fingerprint density at radius 3 is 1.86 bits per heavy atom. The van der Waals surface area contributed by atoms with E-state index in [2.05, 4.69) is 33.8 Å². The van der Waals surface area contributed by atoms with Crippen molar-refractivity contribution in [3.8, 4) is 0 Å². The van der Waals surface area contributed by atoms with Crippen molar-refractivity contribution < 1.29 is 139 Å². The molecule has 0 radical (unpaired) electrons. The highest BCUT2D eigenvalue weighted by atomic mass is 16.8. The number of carbonyl (C=O) groups is 1. The molecule has 500 valence electrons. The zero-order chi connectivity index (χ0) is 63.6. The van der Waals surface area contributed by atoms with Crippen molar-refractivity contribution in [1.82, 2.24) is 0 Å². The fraction of sp³-hybridized carbons (Fsp3) is 0.949. The van der Waals surface area contributed by atoms with Gasteiger partial charge in [0.25, 0.3) is 0 Å². The maximum absolute atomic E-state index is 12.6. The van der Waals surface area contributed by atoms with E-state index in [0.29, 0.717) is 44.9 Å². The van der Waals surface area contributed by atoms with Crippen LogP contribution >= 0.6 is 0 Å². The summed E-state index contributed by atoms with van der Waals surface area (Å²) in [4.78, 5) is 12.6. The summed E-state index contributed by atoms with van der Waals surface area (Å²) in [6.07, 6.45) is -31.9. The molecule has 5 saturated heterocycles. The summed E-state index contributed by atoms with van der Waals surface area (Å²) in [5, 5.41) is 185. The smallest absolute Gasteiger partial charge is 0.335 e. The van der Waals surface area contributed by atoms with Gasteiger partial charge < -0.3 is 134 Å². The first-order valence-electron chi connectivity index (χ1n) is 30.8. The molecule has 28 heteroatoms. The van der Waals surface area contributed by atoms with E-state index in [-0.39, 0.29) is 35.2 Å². The van der Waals surface area contributed by atoms with Gasteiger partial charge in [-0.2, -0.15) is 0 Å². The highest BCUT2D eigenvalue weighted by Crippen LogP contribution is 2.76. The van der Waals surface area contributed by atoms with E-state index in [9.17, 15) is 91.6 Å². The summed E-state index contributed by atoms with van der Waals surface area (Å²) in [5.74, 6) is -1.92. The van der Waals surface area contributed by atoms with Gasteiger partial charge in [-0.05, 0) is 104 Å². The Balaban J connectivity index is 0.863. The molecule has 87 heavy (non-hydrogen) atoms. The molecule has 34 unspecified atom stereocenters. The van der Waals surface area contributed by atoms with E-state index in [4.69, 9.17) is 47.4 Å². The summed E-state index contributed by atoms with van der Waals surface area (Å²) in [7, 11) is 0. The average molecular weight is 1250 g/mol. The highest BCUT2D eigenvalue weighted by molar-refractivity contribution is 5.73. The van der Waals surface area contributed by atoms with Crippen molar-refractivity contribution >= 4 is 5.97 Å². The van der Waals surface area contributed by atoms with Crippen LogP contribution in [0.2, 0.25) is 0 Å². The monoisotopic (exact) mass is 1250 g/mol. The summed E-state index contributed by atoms with van der Waals surface area (Å²) >= 11 is 0. The highest BCUT2D eigenvalue weighted by Gasteiger charge is 2.70. The minimum Gasteiger partial charge on any atom is -0.479 e. The minimum atomic E-state index is -2.13. The molecule has 5 heterocycles. The van der Waals surface area contributed by atoms with E-state index in [1.165, 1.54) is 12.5 Å². The van der Waals surface area contributed by atoms with E-state index >= 15 is 0 Å². The molecule has 34 atom stereocenters. The van der Waals surface area contributed by atoms with Gasteiger partial charge in [-0.15, -0.1) is 0 Å². The van der Waals surface area contributed by atoms with Gasteiger partial charge in [-0.3, -0.25) is 0 Å². The Morgan fingerprint density at radius 2 is 1.22 bits per heavy atom. The number of carboxylic acid groups (broad SMARTS) is 1. The third-order valence-corrected chi connectivity index (χ3v) is 23.7. The number of rotatable bonds is 16. The molecule has 9 fully saturated rings. The third kappa shape index (κ3) is 11.3. The van der Waals surface area contributed by atoms with Crippen molar-refractivity contribution in [1.29, 1.82) is 0 Å². The Kier molecular flexibility index (Phi) is 19.4.